The first-order valence-corrected chi connectivity index (χ1v) is 10.4. The highest BCUT2D eigenvalue weighted by atomic mass is 35.5. The minimum atomic E-state index is -3.10. The van der Waals surface area contributed by atoms with Crippen LogP contribution < -0.4 is 26.5 Å². The predicted molar refractivity (Wildman–Crippen MR) is 114 cm³/mol. The number of hydrogen-bond donors (Lipinski definition) is 3. The molecule has 26 heavy (non-hydrogen) atoms. The maximum absolute atomic E-state index is 13.7. The van der Waals surface area contributed by atoms with E-state index in [1.807, 2.05) is 72.8 Å². The lowest BCUT2D eigenvalue weighted by Crippen LogP contribution is -2.42. The molecule has 0 aromatic heterocycles. The van der Waals surface area contributed by atoms with E-state index in [0.717, 1.165) is 5.69 Å². The number of rotatable bonds is 5. The maximum Gasteiger partial charge on any atom is 0.221 e. The summed E-state index contributed by atoms with van der Waals surface area (Å²) in [7, 11) is -3.10. The second-order valence-corrected chi connectivity index (χ2v) is 8.80. The van der Waals surface area contributed by atoms with Crippen LogP contribution in [0, 0.1) is 0 Å². The van der Waals surface area contributed by atoms with Crippen LogP contribution in [0.2, 0.25) is 5.02 Å². The van der Waals surface area contributed by atoms with Gasteiger partial charge in [0.15, 0.2) is 5.11 Å². The number of anilines is 1. The van der Waals surface area contributed by atoms with E-state index < -0.39 is 7.29 Å². The van der Waals surface area contributed by atoms with Crippen LogP contribution in [0.3, 0.4) is 0 Å². The van der Waals surface area contributed by atoms with Crippen LogP contribution >= 0.6 is 31.1 Å². The van der Waals surface area contributed by atoms with Gasteiger partial charge in [-0.2, -0.15) is 5.20 Å². The first-order chi connectivity index (χ1) is 12.6. The van der Waals surface area contributed by atoms with Gasteiger partial charge in [-0.15, -0.1) is 0 Å². The molecule has 0 heterocycles. The highest BCUT2D eigenvalue weighted by Crippen LogP contribution is 2.37. The van der Waals surface area contributed by atoms with Gasteiger partial charge in [-0.05, 0) is 60.7 Å². The number of benzene rings is 3. The first-order valence-electron chi connectivity index (χ1n) is 7.89. The van der Waals surface area contributed by atoms with E-state index in [-0.39, 0.29) is 0 Å². The Kier molecular flexibility index (Phi) is 6.07. The van der Waals surface area contributed by atoms with Crippen LogP contribution in [0.25, 0.3) is 0 Å². The summed E-state index contributed by atoms with van der Waals surface area (Å²) in [4.78, 5) is 0. The van der Waals surface area contributed by atoms with Crippen LogP contribution in [-0.2, 0) is 4.57 Å². The third-order valence-electron chi connectivity index (χ3n) is 3.67. The molecule has 3 aromatic rings. The Morgan fingerprint density at radius 1 is 0.808 bits per heavy atom. The summed E-state index contributed by atoms with van der Waals surface area (Å²) in [5.74, 6) is 0. The lowest BCUT2D eigenvalue weighted by Gasteiger charge is -2.22. The Bertz CT molecular complexity index is 877. The number of hydrazine groups is 1. The molecule has 0 atom stereocenters. The van der Waals surface area contributed by atoms with Gasteiger partial charge in [0.2, 0.25) is 7.29 Å². The standard InChI is InChI=1S/C19H17ClN3OPS/c20-15-11-13-16(14-12-15)21-19(26)22-23-25(24,17-7-3-1-4-8-17)18-9-5-2-6-10-18/h1-14H,(H,23,24)(H2,21,22,26). The molecule has 7 heteroatoms. The van der Waals surface area contributed by atoms with Gasteiger partial charge in [0.1, 0.15) is 0 Å². The van der Waals surface area contributed by atoms with E-state index in [9.17, 15) is 4.57 Å². The molecule has 4 nitrogen and oxygen atoms in total. The average molecular weight is 402 g/mol. The van der Waals surface area contributed by atoms with Crippen molar-refractivity contribution in [3.8, 4) is 0 Å². The molecule has 0 spiro atoms. The lowest BCUT2D eigenvalue weighted by atomic mass is 10.3. The lowest BCUT2D eigenvalue weighted by molar-refractivity contribution is 0.575. The van der Waals surface area contributed by atoms with Gasteiger partial charge in [0.25, 0.3) is 0 Å². The van der Waals surface area contributed by atoms with E-state index in [2.05, 4.69) is 15.9 Å². The summed E-state index contributed by atoms with van der Waals surface area (Å²) in [6.45, 7) is 0. The Morgan fingerprint density at radius 3 is 1.81 bits per heavy atom. The molecular formula is C19H17ClN3OPS. The van der Waals surface area contributed by atoms with Gasteiger partial charge in [-0.3, -0.25) is 9.99 Å². The molecule has 0 aliphatic carbocycles. The molecule has 0 amide bonds. The minimum absolute atomic E-state index is 0.305. The summed E-state index contributed by atoms with van der Waals surface area (Å²) in [5.41, 5.74) is 3.64. The van der Waals surface area contributed by atoms with Crippen molar-refractivity contribution in [2.45, 2.75) is 0 Å². The second kappa shape index (κ2) is 8.47. The van der Waals surface area contributed by atoms with Crippen LogP contribution in [0.15, 0.2) is 84.9 Å². The van der Waals surface area contributed by atoms with Crippen molar-refractivity contribution < 1.29 is 4.57 Å². The van der Waals surface area contributed by atoms with Crippen molar-refractivity contribution in [2.24, 2.45) is 0 Å². The molecule has 0 aliphatic heterocycles. The normalized spacial score (nSPS) is 11.0. The Morgan fingerprint density at radius 2 is 1.31 bits per heavy atom. The number of halogens is 1. The van der Waals surface area contributed by atoms with Crippen LogP contribution in [0.5, 0.6) is 0 Å². The van der Waals surface area contributed by atoms with Crippen molar-refractivity contribution in [3.05, 3.63) is 90.0 Å². The van der Waals surface area contributed by atoms with Crippen LogP contribution in [0.1, 0.15) is 0 Å². The number of hydrogen-bond acceptors (Lipinski definition) is 2. The summed E-state index contributed by atoms with van der Waals surface area (Å²) < 4.78 is 13.7. The highest BCUT2D eigenvalue weighted by molar-refractivity contribution is 7.80. The monoisotopic (exact) mass is 401 g/mol. The van der Waals surface area contributed by atoms with Crippen molar-refractivity contribution in [3.63, 3.8) is 0 Å². The van der Waals surface area contributed by atoms with E-state index in [0.29, 0.717) is 20.7 Å². The summed E-state index contributed by atoms with van der Waals surface area (Å²) in [6.07, 6.45) is 0. The van der Waals surface area contributed by atoms with E-state index in [1.165, 1.54) is 0 Å². The van der Waals surface area contributed by atoms with Crippen molar-refractivity contribution in [1.82, 2.24) is 10.6 Å². The zero-order valence-corrected chi connectivity index (χ0v) is 16.2. The van der Waals surface area contributed by atoms with E-state index in [1.54, 1.807) is 12.1 Å². The van der Waals surface area contributed by atoms with Gasteiger partial charge in [0.05, 0.1) is 0 Å². The zero-order valence-electron chi connectivity index (χ0n) is 13.7. The molecule has 132 valence electrons. The maximum atomic E-state index is 13.7. The Labute approximate surface area is 163 Å². The van der Waals surface area contributed by atoms with E-state index in [4.69, 9.17) is 23.8 Å². The third-order valence-corrected chi connectivity index (χ3v) is 6.60. The fraction of sp³-hybridized carbons (Fsp3) is 0. The summed E-state index contributed by atoms with van der Waals surface area (Å²) >= 11 is 11.2. The fourth-order valence-electron chi connectivity index (χ4n) is 2.38. The molecule has 3 rings (SSSR count). The van der Waals surface area contributed by atoms with Gasteiger partial charge < -0.3 is 5.32 Å². The van der Waals surface area contributed by atoms with Crippen molar-refractivity contribution >= 4 is 52.5 Å². The van der Waals surface area contributed by atoms with Gasteiger partial charge in [-0.1, -0.05) is 48.0 Å². The van der Waals surface area contributed by atoms with Crippen molar-refractivity contribution in [1.29, 1.82) is 0 Å². The fourth-order valence-corrected chi connectivity index (χ4v) is 4.76. The molecular weight excluding hydrogens is 385 g/mol. The van der Waals surface area contributed by atoms with Gasteiger partial charge in [0, 0.05) is 21.3 Å². The zero-order chi connectivity index (χ0) is 18.4. The van der Waals surface area contributed by atoms with Crippen LogP contribution in [-0.4, -0.2) is 5.11 Å². The van der Waals surface area contributed by atoms with Crippen LogP contribution in [0.4, 0.5) is 5.69 Å². The highest BCUT2D eigenvalue weighted by Gasteiger charge is 2.27. The predicted octanol–water partition coefficient (Wildman–Crippen LogP) is 4.06. The topological polar surface area (TPSA) is 53.2 Å². The summed E-state index contributed by atoms with van der Waals surface area (Å²) in [6, 6.07) is 25.7. The Balaban J connectivity index is 1.78. The SMILES string of the molecule is O=P(NNC(=S)Nc1ccc(Cl)cc1)(c1ccccc1)c1ccccc1. The average Bonchev–Trinajstić information content (AvgIpc) is 2.69. The molecule has 3 N–H and O–H groups in total. The van der Waals surface area contributed by atoms with E-state index >= 15 is 0 Å². The molecule has 0 bridgehead atoms. The smallest absolute Gasteiger partial charge is 0.221 e. The second-order valence-electron chi connectivity index (χ2n) is 5.48. The summed E-state index contributed by atoms with van der Waals surface area (Å²) in [5, 5.41) is 8.28. The molecule has 0 saturated carbocycles. The largest absolute Gasteiger partial charge is 0.332 e. The number of nitrogens with one attached hydrogen (secondary N) is 3. The Hall–Kier alpha value is -2.17. The minimum Gasteiger partial charge on any atom is -0.332 e. The quantitative estimate of drug-likeness (QED) is 0.342. The molecule has 0 aliphatic rings. The first kappa shape index (κ1) is 18.6. The molecule has 0 fully saturated rings. The third kappa shape index (κ3) is 4.51. The molecule has 3 aromatic carbocycles. The van der Waals surface area contributed by atoms with Crippen molar-refractivity contribution in [2.75, 3.05) is 5.32 Å². The molecule has 0 unspecified atom stereocenters. The molecule has 0 radical (unpaired) electrons. The van der Waals surface area contributed by atoms with Gasteiger partial charge in [-0.25, -0.2) is 0 Å². The van der Waals surface area contributed by atoms with Gasteiger partial charge >= 0.3 is 0 Å². The molecule has 0 saturated heterocycles. The number of thiocarbonyl (C=S) groups is 1.